The van der Waals surface area contributed by atoms with E-state index < -0.39 is 18.0 Å². The quantitative estimate of drug-likeness (QED) is 0.0430. The molecule has 5 amide bonds. The summed E-state index contributed by atoms with van der Waals surface area (Å²) in [6.07, 6.45) is 1.96. The number of hydrogen-bond donors (Lipinski definition) is 5. The fraction of sp³-hybridized carbons (Fsp3) is 0.694. The third-order valence-electron chi connectivity index (χ3n) is 10.2. The Hall–Kier alpha value is -5.07. The molecule has 67 heavy (non-hydrogen) atoms. The lowest BCUT2D eigenvalue weighted by Crippen LogP contribution is -2.45. The Morgan fingerprint density at radius 3 is 1.49 bits per heavy atom. The number of urea groups is 1. The maximum Gasteiger partial charge on any atom is 0.312 e. The maximum absolute atomic E-state index is 13.4. The summed E-state index contributed by atoms with van der Waals surface area (Å²) in [5, 5.41) is 10.8. The lowest BCUT2D eigenvalue weighted by atomic mass is 9.89. The second kappa shape index (κ2) is 36.0. The fourth-order valence-corrected chi connectivity index (χ4v) is 5.74. The van der Waals surface area contributed by atoms with Gasteiger partial charge >= 0.3 is 12.0 Å². The van der Waals surface area contributed by atoms with Crippen LogP contribution < -0.4 is 27.0 Å². The van der Waals surface area contributed by atoms with Crippen molar-refractivity contribution in [2.24, 2.45) is 41.2 Å². The second-order valence-electron chi connectivity index (χ2n) is 17.8. The van der Waals surface area contributed by atoms with Crippen LogP contribution in [-0.2, 0) is 63.9 Å². The van der Waals surface area contributed by atoms with Crippen molar-refractivity contribution in [3.05, 3.63) is 29.8 Å². The minimum atomic E-state index is -0.808. The molecule has 0 aromatic heterocycles. The summed E-state index contributed by atoms with van der Waals surface area (Å²) < 4.78 is 21.2. The molecule has 18 nitrogen and oxygen atoms in total. The number of rotatable bonds is 35. The number of carbonyl (C=O) groups is 9. The van der Waals surface area contributed by atoms with Crippen LogP contribution in [0.5, 0.6) is 0 Å². The van der Waals surface area contributed by atoms with E-state index in [1.807, 2.05) is 55.4 Å². The molecule has 380 valence electrons. The van der Waals surface area contributed by atoms with E-state index in [0.29, 0.717) is 64.3 Å². The summed E-state index contributed by atoms with van der Waals surface area (Å²) in [6, 6.07) is 5.34. The van der Waals surface area contributed by atoms with Gasteiger partial charge in [0.25, 0.3) is 0 Å². The van der Waals surface area contributed by atoms with Crippen LogP contribution in [0.4, 0.5) is 10.5 Å². The minimum absolute atomic E-state index is 0.0257. The zero-order valence-corrected chi connectivity index (χ0v) is 41.8. The van der Waals surface area contributed by atoms with Gasteiger partial charge in [-0.15, -0.1) is 0 Å². The predicted molar refractivity (Wildman–Crippen MR) is 254 cm³/mol. The van der Waals surface area contributed by atoms with Gasteiger partial charge in [0.05, 0.1) is 51.6 Å². The Morgan fingerprint density at radius 1 is 0.552 bits per heavy atom. The van der Waals surface area contributed by atoms with E-state index >= 15 is 0 Å². The molecule has 0 saturated carbocycles. The SMILES string of the molecule is CC(C)C(=O)CCOCCC(=O)N[C@H](C(=O)C[C@@H](CCCNC(N)=O)C(=O)Nc1ccc(COC(=O)C(C)C)cc1)C(C)C.CC(C)C(=O)CCOCCNC(=O)CCOCCC(=O)C(C)C. The van der Waals surface area contributed by atoms with Crippen molar-refractivity contribution in [1.82, 2.24) is 16.0 Å². The van der Waals surface area contributed by atoms with Crippen molar-refractivity contribution in [1.29, 1.82) is 0 Å². The van der Waals surface area contributed by atoms with Gasteiger partial charge in [-0.1, -0.05) is 81.4 Å². The van der Waals surface area contributed by atoms with Crippen LogP contribution in [0, 0.1) is 35.5 Å². The number of anilines is 1. The van der Waals surface area contributed by atoms with Crippen LogP contribution in [0.1, 0.15) is 126 Å². The molecule has 1 aromatic carbocycles. The van der Waals surface area contributed by atoms with Crippen molar-refractivity contribution in [3.8, 4) is 0 Å². The highest BCUT2D eigenvalue weighted by Crippen LogP contribution is 2.20. The molecular weight excluding hydrogens is 867 g/mol. The highest BCUT2D eigenvalue weighted by molar-refractivity contribution is 5.97. The Kier molecular flexibility index (Phi) is 33.3. The molecular formula is C49H81N5O13. The topological polar surface area (TPSA) is 265 Å². The number of ether oxygens (including phenoxy) is 4. The number of esters is 1. The summed E-state index contributed by atoms with van der Waals surface area (Å²) in [4.78, 5) is 108. The van der Waals surface area contributed by atoms with E-state index in [2.05, 4.69) is 21.3 Å². The molecule has 0 heterocycles. The van der Waals surface area contributed by atoms with Gasteiger partial charge in [-0.25, -0.2) is 4.79 Å². The number of amides is 5. The van der Waals surface area contributed by atoms with Crippen LogP contribution in [0.3, 0.4) is 0 Å². The highest BCUT2D eigenvalue weighted by Gasteiger charge is 2.29. The van der Waals surface area contributed by atoms with E-state index in [1.165, 1.54) is 0 Å². The van der Waals surface area contributed by atoms with Crippen LogP contribution in [0.25, 0.3) is 0 Å². The van der Waals surface area contributed by atoms with Gasteiger partial charge in [0, 0.05) is 81.0 Å². The van der Waals surface area contributed by atoms with Crippen LogP contribution >= 0.6 is 0 Å². The molecule has 0 unspecified atom stereocenters. The number of hydrogen-bond acceptors (Lipinski definition) is 13. The van der Waals surface area contributed by atoms with Gasteiger partial charge < -0.3 is 45.9 Å². The summed E-state index contributed by atoms with van der Waals surface area (Å²) >= 11 is 0. The molecule has 0 fully saturated rings. The molecule has 0 spiro atoms. The summed E-state index contributed by atoms with van der Waals surface area (Å²) in [7, 11) is 0. The monoisotopic (exact) mass is 948 g/mol. The lowest BCUT2D eigenvalue weighted by molar-refractivity contribution is -0.148. The van der Waals surface area contributed by atoms with Crippen molar-refractivity contribution < 1.29 is 62.1 Å². The first-order chi connectivity index (χ1) is 31.5. The molecule has 18 heteroatoms. The number of ketones is 4. The molecule has 0 saturated heterocycles. The highest BCUT2D eigenvalue weighted by atomic mass is 16.5. The van der Waals surface area contributed by atoms with Gasteiger partial charge in [0.2, 0.25) is 17.7 Å². The van der Waals surface area contributed by atoms with Crippen molar-refractivity contribution in [3.63, 3.8) is 0 Å². The molecule has 0 radical (unpaired) electrons. The van der Waals surface area contributed by atoms with Crippen molar-refractivity contribution >= 4 is 58.5 Å². The standard InChI is InChI=1S/C32H50N4O8.C17H31NO5/c1-20(2)26(37)13-16-43-17-14-28(39)36-29(21(3)4)27(38)18-24(8-7-15-34-32(33)42)30(40)35-25-11-9-23(10-12-25)19-44-31(41)22(5)6;1-13(2)15(19)5-9-22-11-7-17(21)18-8-12-23-10-6-16(20)14(3)4/h9-12,20-22,24,29H,7-8,13-19H2,1-6H3,(H,35,40)(H,36,39)(H3,33,34,42);13-14H,5-12H2,1-4H3,(H,18,21)/t24-,29+;/m1./s1. The first-order valence-electron chi connectivity index (χ1n) is 23.5. The largest absolute Gasteiger partial charge is 0.461 e. The minimum Gasteiger partial charge on any atom is -0.461 e. The fourth-order valence-electron chi connectivity index (χ4n) is 5.74. The van der Waals surface area contributed by atoms with E-state index in [4.69, 9.17) is 24.7 Å². The molecule has 0 aliphatic heterocycles. The molecule has 2 atom stereocenters. The third kappa shape index (κ3) is 31.5. The third-order valence-corrected chi connectivity index (χ3v) is 10.2. The predicted octanol–water partition coefficient (Wildman–Crippen LogP) is 5.27. The van der Waals surface area contributed by atoms with Gasteiger partial charge in [-0.2, -0.15) is 0 Å². The van der Waals surface area contributed by atoms with E-state index in [0.717, 1.165) is 5.56 Å². The molecule has 1 aromatic rings. The van der Waals surface area contributed by atoms with Crippen LogP contribution in [-0.4, -0.2) is 112 Å². The number of nitrogens with one attached hydrogen (secondary N) is 4. The second-order valence-corrected chi connectivity index (χ2v) is 17.8. The Labute approximate surface area is 398 Å². The van der Waals surface area contributed by atoms with Gasteiger partial charge in [-0.05, 0) is 36.5 Å². The average molecular weight is 948 g/mol. The molecule has 0 aliphatic carbocycles. The Balaban J connectivity index is 0.00000159. The lowest BCUT2D eigenvalue weighted by Gasteiger charge is -2.24. The zero-order valence-electron chi connectivity index (χ0n) is 41.8. The van der Waals surface area contributed by atoms with Crippen molar-refractivity contribution in [2.45, 2.75) is 133 Å². The normalized spacial score (nSPS) is 12.0. The van der Waals surface area contributed by atoms with E-state index in [-0.39, 0.29) is 128 Å². The molecule has 1 rings (SSSR count). The number of carbonyl (C=O) groups excluding carboxylic acids is 9. The molecule has 0 aliphatic rings. The first-order valence-corrected chi connectivity index (χ1v) is 23.5. The van der Waals surface area contributed by atoms with Gasteiger partial charge in [-0.3, -0.25) is 38.4 Å². The summed E-state index contributed by atoms with van der Waals surface area (Å²) in [5.41, 5.74) is 6.40. The maximum atomic E-state index is 13.4. The average Bonchev–Trinajstić information content (AvgIpc) is 3.26. The first kappa shape index (κ1) is 61.9. The molecule has 0 bridgehead atoms. The van der Waals surface area contributed by atoms with Crippen LogP contribution in [0.15, 0.2) is 24.3 Å². The number of benzene rings is 1. The van der Waals surface area contributed by atoms with Gasteiger partial charge in [0.1, 0.15) is 24.0 Å². The number of nitrogens with two attached hydrogens (primary N) is 1. The van der Waals surface area contributed by atoms with Crippen LogP contribution in [0.2, 0.25) is 0 Å². The number of primary amides is 1. The van der Waals surface area contributed by atoms with Gasteiger partial charge in [0.15, 0.2) is 5.78 Å². The zero-order chi connectivity index (χ0) is 50.9. The summed E-state index contributed by atoms with van der Waals surface area (Å²) in [5.74, 6) is -2.21. The Morgan fingerprint density at radius 2 is 1.03 bits per heavy atom. The molecule has 6 N–H and O–H groups in total. The smallest absolute Gasteiger partial charge is 0.312 e. The van der Waals surface area contributed by atoms with Crippen molar-refractivity contribution in [2.75, 3.05) is 58.0 Å². The Bertz CT molecular complexity index is 1680. The number of Topliss-reactive ketones (excluding diaryl/α,β-unsaturated/α-hetero) is 4. The summed E-state index contributed by atoms with van der Waals surface area (Å²) in [6.45, 7) is 20.8. The van der Waals surface area contributed by atoms with E-state index in [9.17, 15) is 43.2 Å². The van der Waals surface area contributed by atoms with E-state index in [1.54, 1.807) is 38.1 Å².